The lowest BCUT2D eigenvalue weighted by Crippen LogP contribution is -2.13. The number of alkyl halides is 3. The van der Waals surface area contributed by atoms with Crippen LogP contribution >= 0.6 is 0 Å². The second-order valence-electron chi connectivity index (χ2n) is 7.50. The summed E-state index contributed by atoms with van der Waals surface area (Å²) in [7, 11) is -4.15. The third-order valence-corrected chi connectivity index (χ3v) is 6.94. The van der Waals surface area contributed by atoms with Crippen LogP contribution in [-0.4, -0.2) is 19.5 Å². The van der Waals surface area contributed by atoms with E-state index in [9.17, 15) is 35.9 Å². The summed E-state index contributed by atoms with van der Waals surface area (Å²) in [5.74, 6) is -2.78. The fourth-order valence-corrected chi connectivity index (χ4v) is 4.81. The minimum Gasteiger partial charge on any atom is -0.481 e. The van der Waals surface area contributed by atoms with Crippen LogP contribution in [0, 0.1) is 5.82 Å². The zero-order valence-corrected chi connectivity index (χ0v) is 18.3. The molecule has 1 N–H and O–H groups in total. The Labute approximate surface area is 188 Å². The number of carbonyl (C=O) groups is 1. The van der Waals surface area contributed by atoms with Crippen LogP contribution in [0.1, 0.15) is 36.8 Å². The number of aliphatic carboxylic acids is 1. The summed E-state index contributed by atoms with van der Waals surface area (Å²) < 4.78 is 78.5. The van der Waals surface area contributed by atoms with Crippen LogP contribution in [0.4, 0.5) is 17.6 Å². The summed E-state index contributed by atoms with van der Waals surface area (Å²) in [5.41, 5.74) is -0.108. The first-order chi connectivity index (χ1) is 15.4. The van der Waals surface area contributed by atoms with Crippen molar-refractivity contribution in [2.24, 2.45) is 0 Å². The van der Waals surface area contributed by atoms with Gasteiger partial charge in [0, 0.05) is 0 Å². The van der Waals surface area contributed by atoms with E-state index in [0.29, 0.717) is 12.0 Å². The van der Waals surface area contributed by atoms with Gasteiger partial charge in [0.1, 0.15) is 5.82 Å². The quantitative estimate of drug-likeness (QED) is 0.318. The van der Waals surface area contributed by atoms with E-state index < -0.39 is 39.3 Å². The molecule has 0 bridgehead atoms. The lowest BCUT2D eigenvalue weighted by atomic mass is 9.91. The molecule has 0 saturated heterocycles. The zero-order chi connectivity index (χ0) is 24.4. The third-order valence-electron chi connectivity index (χ3n) is 5.19. The largest absolute Gasteiger partial charge is 0.481 e. The highest BCUT2D eigenvalue weighted by Crippen LogP contribution is 2.35. The average Bonchev–Trinajstić information content (AvgIpc) is 2.76. The van der Waals surface area contributed by atoms with Crippen molar-refractivity contribution in [2.75, 3.05) is 0 Å². The number of benzene rings is 3. The van der Waals surface area contributed by atoms with E-state index in [2.05, 4.69) is 0 Å². The predicted molar refractivity (Wildman–Crippen MR) is 114 cm³/mol. The molecule has 1 unspecified atom stereocenters. The van der Waals surface area contributed by atoms with E-state index in [0.717, 1.165) is 36.4 Å². The Morgan fingerprint density at radius 3 is 2.03 bits per heavy atom. The molecule has 0 radical (unpaired) electrons. The smallest absolute Gasteiger partial charge is 0.416 e. The standard InChI is InChI=1S/C24H20F4O4S/c1-2-3-22(23(29)30)17-12-16(15-4-6-18(7-5-15)24(26,27)28)13-21(14-17)33(31,32)20-10-8-19(25)9-11-20/h4-14,22H,2-3H2,1H3,(H,29,30). The van der Waals surface area contributed by atoms with Gasteiger partial charge in [-0.05, 0) is 71.6 Å². The molecule has 0 heterocycles. The highest BCUT2D eigenvalue weighted by Gasteiger charge is 2.30. The molecule has 0 aliphatic rings. The van der Waals surface area contributed by atoms with Gasteiger partial charge in [0.15, 0.2) is 0 Å². The van der Waals surface area contributed by atoms with Crippen molar-refractivity contribution >= 4 is 15.8 Å². The molecule has 0 amide bonds. The Morgan fingerprint density at radius 2 is 1.52 bits per heavy atom. The summed E-state index contributed by atoms with van der Waals surface area (Å²) in [5, 5.41) is 9.67. The Bertz CT molecular complexity index is 1250. The average molecular weight is 480 g/mol. The van der Waals surface area contributed by atoms with Crippen molar-refractivity contribution in [2.45, 2.75) is 41.7 Å². The molecule has 0 aromatic heterocycles. The van der Waals surface area contributed by atoms with Crippen LogP contribution in [0.25, 0.3) is 11.1 Å². The normalized spacial score (nSPS) is 13.0. The molecule has 3 rings (SSSR count). The highest BCUT2D eigenvalue weighted by atomic mass is 32.2. The summed E-state index contributed by atoms with van der Waals surface area (Å²) in [6, 6.07) is 12.3. The minimum atomic E-state index is -4.53. The van der Waals surface area contributed by atoms with Crippen molar-refractivity contribution in [3.8, 4) is 11.1 Å². The first-order valence-electron chi connectivity index (χ1n) is 9.99. The monoisotopic (exact) mass is 480 g/mol. The Kier molecular flexibility index (Phi) is 6.92. The fraction of sp³-hybridized carbons (Fsp3) is 0.208. The molecule has 0 spiro atoms. The van der Waals surface area contributed by atoms with Crippen molar-refractivity contribution in [3.05, 3.63) is 83.7 Å². The molecule has 0 fully saturated rings. The Morgan fingerprint density at radius 1 is 0.909 bits per heavy atom. The molecule has 9 heteroatoms. The lowest BCUT2D eigenvalue weighted by Gasteiger charge is -2.16. The van der Waals surface area contributed by atoms with Gasteiger partial charge in [-0.3, -0.25) is 4.79 Å². The van der Waals surface area contributed by atoms with Crippen molar-refractivity contribution in [1.82, 2.24) is 0 Å². The van der Waals surface area contributed by atoms with Crippen molar-refractivity contribution in [1.29, 1.82) is 0 Å². The van der Waals surface area contributed by atoms with E-state index >= 15 is 0 Å². The van der Waals surface area contributed by atoms with Gasteiger partial charge in [0.2, 0.25) is 9.84 Å². The van der Waals surface area contributed by atoms with Crippen LogP contribution < -0.4 is 0 Å². The summed E-state index contributed by atoms with van der Waals surface area (Å²) >= 11 is 0. The van der Waals surface area contributed by atoms with Crippen LogP contribution in [0.2, 0.25) is 0 Å². The number of hydrogen-bond acceptors (Lipinski definition) is 3. The van der Waals surface area contributed by atoms with E-state index in [4.69, 9.17) is 0 Å². The van der Waals surface area contributed by atoms with Gasteiger partial charge in [-0.25, -0.2) is 12.8 Å². The number of rotatable bonds is 7. The summed E-state index contributed by atoms with van der Waals surface area (Å²) in [6.45, 7) is 1.78. The molecule has 4 nitrogen and oxygen atoms in total. The van der Waals surface area contributed by atoms with Crippen LogP contribution in [0.15, 0.2) is 76.5 Å². The molecule has 3 aromatic rings. The number of halogens is 4. The van der Waals surface area contributed by atoms with Gasteiger partial charge in [0.05, 0.1) is 21.3 Å². The molecule has 0 aliphatic carbocycles. The van der Waals surface area contributed by atoms with Gasteiger partial charge < -0.3 is 5.11 Å². The molecule has 0 aliphatic heterocycles. The summed E-state index contributed by atoms with van der Waals surface area (Å²) in [6.07, 6.45) is -3.78. The van der Waals surface area contributed by atoms with Crippen LogP contribution in [0.5, 0.6) is 0 Å². The Balaban J connectivity index is 2.20. The second-order valence-corrected chi connectivity index (χ2v) is 9.45. The number of sulfone groups is 1. The maximum atomic E-state index is 13.3. The van der Waals surface area contributed by atoms with E-state index in [-0.39, 0.29) is 27.3 Å². The number of carboxylic acids is 1. The second kappa shape index (κ2) is 9.35. The zero-order valence-electron chi connectivity index (χ0n) is 17.4. The first kappa shape index (κ1) is 24.4. The molecular weight excluding hydrogens is 460 g/mol. The highest BCUT2D eigenvalue weighted by molar-refractivity contribution is 7.91. The first-order valence-corrected chi connectivity index (χ1v) is 11.5. The van der Waals surface area contributed by atoms with Gasteiger partial charge in [-0.1, -0.05) is 31.5 Å². The maximum Gasteiger partial charge on any atom is 0.416 e. The van der Waals surface area contributed by atoms with Gasteiger partial charge in [0.25, 0.3) is 0 Å². The molecule has 1 atom stereocenters. The van der Waals surface area contributed by atoms with E-state index in [1.807, 2.05) is 0 Å². The fourth-order valence-electron chi connectivity index (χ4n) is 3.47. The van der Waals surface area contributed by atoms with E-state index in [1.54, 1.807) is 6.92 Å². The predicted octanol–water partition coefficient (Wildman–Crippen LogP) is 6.31. The topological polar surface area (TPSA) is 71.4 Å². The summed E-state index contributed by atoms with van der Waals surface area (Å²) in [4.78, 5) is 11.4. The van der Waals surface area contributed by atoms with Gasteiger partial charge in [-0.2, -0.15) is 13.2 Å². The number of hydrogen-bond donors (Lipinski definition) is 1. The van der Waals surface area contributed by atoms with Crippen LogP contribution in [0.3, 0.4) is 0 Å². The van der Waals surface area contributed by atoms with Crippen molar-refractivity contribution in [3.63, 3.8) is 0 Å². The number of carboxylic acid groups (broad SMARTS) is 1. The molecule has 33 heavy (non-hydrogen) atoms. The molecule has 174 valence electrons. The SMILES string of the molecule is CCCC(C(=O)O)c1cc(-c2ccc(C(F)(F)F)cc2)cc(S(=O)(=O)c2ccc(F)cc2)c1. The molecule has 3 aromatic carbocycles. The van der Waals surface area contributed by atoms with E-state index in [1.165, 1.54) is 30.3 Å². The lowest BCUT2D eigenvalue weighted by molar-refractivity contribution is -0.139. The third kappa shape index (κ3) is 5.42. The Hall–Kier alpha value is -3.20. The maximum absolute atomic E-state index is 13.3. The van der Waals surface area contributed by atoms with Crippen LogP contribution in [-0.2, 0) is 20.8 Å². The molecular formula is C24H20F4O4S. The molecule has 0 saturated carbocycles. The van der Waals surface area contributed by atoms with Gasteiger partial charge >= 0.3 is 12.1 Å². The van der Waals surface area contributed by atoms with Crippen molar-refractivity contribution < 1.29 is 35.9 Å². The minimum absolute atomic E-state index is 0.193. The van der Waals surface area contributed by atoms with Gasteiger partial charge in [-0.15, -0.1) is 0 Å².